The Bertz CT molecular complexity index is 750. The lowest BCUT2D eigenvalue weighted by molar-refractivity contribution is -0.140. The highest BCUT2D eigenvalue weighted by atomic mass is 35.5. The van der Waals surface area contributed by atoms with Crippen molar-refractivity contribution in [2.75, 3.05) is 39.4 Å². The van der Waals surface area contributed by atoms with E-state index in [0.717, 1.165) is 5.56 Å². The minimum Gasteiger partial charge on any atom is -0.378 e. The molecule has 0 N–H and O–H groups in total. The van der Waals surface area contributed by atoms with Crippen LogP contribution in [0.5, 0.6) is 0 Å². The van der Waals surface area contributed by atoms with E-state index in [1.807, 2.05) is 4.90 Å². The van der Waals surface area contributed by atoms with E-state index in [0.29, 0.717) is 57.3 Å². The Balaban J connectivity index is 1.56. The van der Waals surface area contributed by atoms with Gasteiger partial charge in [0.15, 0.2) is 0 Å². The van der Waals surface area contributed by atoms with Crippen LogP contribution >= 0.6 is 11.6 Å². The fourth-order valence-corrected chi connectivity index (χ4v) is 4.57. The summed E-state index contributed by atoms with van der Waals surface area (Å²) in [6.07, 6.45) is 2.69. The van der Waals surface area contributed by atoms with Gasteiger partial charge < -0.3 is 9.64 Å². The van der Waals surface area contributed by atoms with E-state index in [9.17, 15) is 13.2 Å². The van der Waals surface area contributed by atoms with E-state index < -0.39 is 10.0 Å². The highest BCUT2D eigenvalue weighted by Crippen LogP contribution is 2.23. The second-order valence-corrected chi connectivity index (χ2v) is 8.77. The van der Waals surface area contributed by atoms with Gasteiger partial charge in [-0.3, -0.25) is 4.79 Å². The molecule has 0 bridgehead atoms. The van der Waals surface area contributed by atoms with Crippen molar-refractivity contribution < 1.29 is 17.9 Å². The Morgan fingerprint density at radius 3 is 2.31 bits per heavy atom. The average Bonchev–Trinajstić information content (AvgIpc) is 2.68. The number of carbonyl (C=O) groups is 1. The second-order valence-electron chi connectivity index (χ2n) is 6.51. The third-order valence-electron chi connectivity index (χ3n) is 4.79. The molecular formula is C18H23ClN2O4S. The molecule has 0 aromatic heterocycles. The zero-order chi connectivity index (χ0) is 18.6. The van der Waals surface area contributed by atoms with Crippen LogP contribution in [0, 0.1) is 5.92 Å². The summed E-state index contributed by atoms with van der Waals surface area (Å²) in [6.45, 7) is 3.15. The molecular weight excluding hydrogens is 376 g/mol. The van der Waals surface area contributed by atoms with Gasteiger partial charge in [-0.15, -0.1) is 0 Å². The number of hydrogen-bond acceptors (Lipinski definition) is 4. The van der Waals surface area contributed by atoms with E-state index in [1.165, 1.54) is 9.71 Å². The molecule has 1 amide bonds. The number of halogens is 1. The van der Waals surface area contributed by atoms with Crippen molar-refractivity contribution in [1.29, 1.82) is 0 Å². The van der Waals surface area contributed by atoms with Crippen LogP contribution < -0.4 is 0 Å². The van der Waals surface area contributed by atoms with Crippen molar-refractivity contribution in [3.8, 4) is 0 Å². The van der Waals surface area contributed by atoms with Crippen LogP contribution in [-0.2, 0) is 19.6 Å². The SMILES string of the molecule is O=C(C1CCN(S(=O)(=O)/C=C/c2ccc(Cl)cc2)CC1)N1CCOCC1. The Hall–Kier alpha value is -1.41. The number of hydrogen-bond donors (Lipinski definition) is 0. The third kappa shape index (κ3) is 4.85. The molecule has 1 aromatic rings. The van der Waals surface area contributed by atoms with Crippen LogP contribution in [0.2, 0.25) is 5.02 Å². The summed E-state index contributed by atoms with van der Waals surface area (Å²) in [4.78, 5) is 14.4. The van der Waals surface area contributed by atoms with Crippen molar-refractivity contribution in [2.24, 2.45) is 5.92 Å². The maximum absolute atomic E-state index is 12.5. The molecule has 1 aromatic carbocycles. The predicted molar refractivity (Wildman–Crippen MR) is 101 cm³/mol. The van der Waals surface area contributed by atoms with Crippen molar-refractivity contribution in [2.45, 2.75) is 12.8 Å². The largest absolute Gasteiger partial charge is 0.378 e. The summed E-state index contributed by atoms with van der Waals surface area (Å²) in [6, 6.07) is 6.97. The average molecular weight is 399 g/mol. The van der Waals surface area contributed by atoms with Crippen LogP contribution in [-0.4, -0.2) is 62.9 Å². The summed E-state index contributed by atoms with van der Waals surface area (Å²) in [5, 5.41) is 1.83. The van der Waals surface area contributed by atoms with Gasteiger partial charge in [-0.25, -0.2) is 8.42 Å². The second kappa shape index (κ2) is 8.52. The number of morpholine rings is 1. The number of nitrogens with zero attached hydrogens (tertiary/aromatic N) is 2. The molecule has 26 heavy (non-hydrogen) atoms. The van der Waals surface area contributed by atoms with Gasteiger partial charge in [-0.05, 0) is 36.6 Å². The van der Waals surface area contributed by atoms with Crippen molar-refractivity contribution in [3.63, 3.8) is 0 Å². The minimum atomic E-state index is -3.49. The third-order valence-corrected chi connectivity index (χ3v) is 6.61. The first-order valence-electron chi connectivity index (χ1n) is 8.76. The van der Waals surface area contributed by atoms with Crippen LogP contribution in [0.1, 0.15) is 18.4 Å². The maximum Gasteiger partial charge on any atom is 0.236 e. The Morgan fingerprint density at radius 2 is 1.69 bits per heavy atom. The van der Waals surface area contributed by atoms with Gasteiger partial charge >= 0.3 is 0 Å². The first-order chi connectivity index (χ1) is 12.5. The Kier molecular flexibility index (Phi) is 6.34. The smallest absolute Gasteiger partial charge is 0.236 e. The Morgan fingerprint density at radius 1 is 1.08 bits per heavy atom. The lowest BCUT2D eigenvalue weighted by atomic mass is 9.96. The van der Waals surface area contributed by atoms with Gasteiger partial charge in [0, 0.05) is 42.5 Å². The van der Waals surface area contributed by atoms with Crippen LogP contribution in [0.4, 0.5) is 0 Å². The van der Waals surface area contributed by atoms with Gasteiger partial charge in [0.25, 0.3) is 0 Å². The number of sulfonamides is 1. The lowest BCUT2D eigenvalue weighted by Crippen LogP contribution is -2.47. The van der Waals surface area contributed by atoms with Crippen molar-refractivity contribution in [1.82, 2.24) is 9.21 Å². The summed E-state index contributed by atoms with van der Waals surface area (Å²) < 4.78 is 31.7. The molecule has 3 rings (SSSR count). The monoisotopic (exact) mass is 398 g/mol. The molecule has 2 heterocycles. The number of amides is 1. The first kappa shape index (κ1) is 19.4. The van der Waals surface area contributed by atoms with Crippen molar-refractivity contribution in [3.05, 3.63) is 40.3 Å². The van der Waals surface area contributed by atoms with Gasteiger partial charge in [-0.2, -0.15) is 4.31 Å². The van der Waals surface area contributed by atoms with Gasteiger partial charge in [0.1, 0.15) is 0 Å². The number of carbonyl (C=O) groups excluding carboxylic acids is 1. The van der Waals surface area contributed by atoms with E-state index in [2.05, 4.69) is 0 Å². The number of ether oxygens (including phenoxy) is 1. The summed E-state index contributed by atoms with van der Waals surface area (Å²) >= 11 is 5.83. The predicted octanol–water partition coefficient (Wildman–Crippen LogP) is 2.21. The zero-order valence-corrected chi connectivity index (χ0v) is 16.1. The van der Waals surface area contributed by atoms with E-state index >= 15 is 0 Å². The van der Waals surface area contributed by atoms with Crippen LogP contribution in [0.15, 0.2) is 29.7 Å². The first-order valence-corrected chi connectivity index (χ1v) is 10.6. The highest BCUT2D eigenvalue weighted by molar-refractivity contribution is 7.92. The zero-order valence-electron chi connectivity index (χ0n) is 14.5. The molecule has 142 valence electrons. The molecule has 6 nitrogen and oxygen atoms in total. The molecule has 2 aliphatic rings. The number of benzene rings is 1. The molecule has 2 fully saturated rings. The molecule has 0 spiro atoms. The number of piperidine rings is 1. The fraction of sp³-hybridized carbons (Fsp3) is 0.500. The minimum absolute atomic E-state index is 0.0974. The van der Waals surface area contributed by atoms with E-state index in [1.54, 1.807) is 30.3 Å². The van der Waals surface area contributed by atoms with Gasteiger partial charge in [-0.1, -0.05) is 23.7 Å². The van der Waals surface area contributed by atoms with Crippen LogP contribution in [0.25, 0.3) is 6.08 Å². The van der Waals surface area contributed by atoms with Crippen molar-refractivity contribution >= 4 is 33.6 Å². The standard InChI is InChI=1S/C18H23ClN2O4S/c19-17-3-1-15(2-4-17)7-14-26(23,24)21-8-5-16(6-9-21)18(22)20-10-12-25-13-11-20/h1-4,7,14,16H,5-6,8-13H2/b14-7+. The lowest BCUT2D eigenvalue weighted by Gasteiger charge is -2.34. The van der Waals surface area contributed by atoms with Crippen LogP contribution in [0.3, 0.4) is 0 Å². The molecule has 2 saturated heterocycles. The normalized spacial score (nSPS) is 20.6. The topological polar surface area (TPSA) is 66.9 Å². The molecule has 2 aliphatic heterocycles. The fourth-order valence-electron chi connectivity index (χ4n) is 3.22. The van der Waals surface area contributed by atoms with Gasteiger partial charge in [0.05, 0.1) is 13.2 Å². The highest BCUT2D eigenvalue weighted by Gasteiger charge is 2.32. The molecule has 8 heteroatoms. The molecule has 0 atom stereocenters. The summed E-state index contributed by atoms with van der Waals surface area (Å²) in [5.74, 6) is 0.0295. The Labute approximate surface area is 159 Å². The maximum atomic E-state index is 12.5. The van der Waals surface area contributed by atoms with Gasteiger partial charge in [0.2, 0.25) is 15.9 Å². The quantitative estimate of drug-likeness (QED) is 0.779. The summed E-state index contributed by atoms with van der Waals surface area (Å²) in [5.41, 5.74) is 0.773. The summed E-state index contributed by atoms with van der Waals surface area (Å²) in [7, 11) is -3.49. The molecule has 0 radical (unpaired) electrons. The molecule has 0 aliphatic carbocycles. The van der Waals surface area contributed by atoms with E-state index in [4.69, 9.17) is 16.3 Å². The number of rotatable bonds is 4. The van der Waals surface area contributed by atoms with E-state index in [-0.39, 0.29) is 11.8 Å². The molecule has 0 unspecified atom stereocenters. The molecule has 0 saturated carbocycles.